The van der Waals surface area contributed by atoms with E-state index in [-0.39, 0.29) is 0 Å². The number of rotatable bonds is 6. The first kappa shape index (κ1) is 16.5. The van der Waals surface area contributed by atoms with Gasteiger partial charge in [0, 0.05) is 13.1 Å². The second-order valence-corrected chi connectivity index (χ2v) is 7.59. The van der Waals surface area contributed by atoms with Crippen LogP contribution in [0.1, 0.15) is 32.3 Å². The maximum Gasteiger partial charge on any atom is 0.243 e. The van der Waals surface area contributed by atoms with Crippen molar-refractivity contribution in [2.75, 3.05) is 26.2 Å². The van der Waals surface area contributed by atoms with Gasteiger partial charge in [-0.3, -0.25) is 0 Å². The third kappa shape index (κ3) is 4.05. The van der Waals surface area contributed by atoms with Crippen LogP contribution in [0.25, 0.3) is 0 Å². The zero-order valence-electron chi connectivity index (χ0n) is 13.0. The summed E-state index contributed by atoms with van der Waals surface area (Å²) in [6.07, 6.45) is 2.74. The first-order valence-electron chi connectivity index (χ1n) is 7.87. The highest BCUT2D eigenvalue weighted by molar-refractivity contribution is 7.89. The molecule has 0 amide bonds. The normalized spacial score (nSPS) is 18.0. The second-order valence-electron chi connectivity index (χ2n) is 5.66. The average Bonchev–Trinajstić information content (AvgIpc) is 2.53. The van der Waals surface area contributed by atoms with Crippen LogP contribution in [0.15, 0.2) is 29.2 Å². The van der Waals surface area contributed by atoms with Crippen LogP contribution in [0.4, 0.5) is 0 Å². The Morgan fingerprint density at radius 2 is 1.95 bits per heavy atom. The van der Waals surface area contributed by atoms with Crippen LogP contribution in [-0.4, -0.2) is 38.9 Å². The van der Waals surface area contributed by atoms with E-state index in [1.165, 1.54) is 0 Å². The summed E-state index contributed by atoms with van der Waals surface area (Å²) in [6, 6.07) is 7.32. The van der Waals surface area contributed by atoms with Crippen molar-refractivity contribution in [3.63, 3.8) is 0 Å². The number of sulfonamides is 1. The lowest BCUT2D eigenvalue weighted by molar-refractivity contribution is 0.268. The molecule has 0 bridgehead atoms. The highest BCUT2D eigenvalue weighted by Crippen LogP contribution is 2.24. The van der Waals surface area contributed by atoms with Gasteiger partial charge < -0.3 is 5.32 Å². The zero-order chi connectivity index (χ0) is 15.3. The van der Waals surface area contributed by atoms with Crippen LogP contribution < -0.4 is 5.32 Å². The molecular weight excluding hydrogens is 284 g/mol. The van der Waals surface area contributed by atoms with Gasteiger partial charge in [0.1, 0.15) is 0 Å². The minimum Gasteiger partial charge on any atom is -0.317 e. The van der Waals surface area contributed by atoms with Crippen molar-refractivity contribution in [1.82, 2.24) is 9.62 Å². The Labute approximate surface area is 128 Å². The van der Waals surface area contributed by atoms with Crippen molar-refractivity contribution in [2.45, 2.75) is 38.0 Å². The van der Waals surface area contributed by atoms with E-state index in [1.807, 2.05) is 19.1 Å². The summed E-state index contributed by atoms with van der Waals surface area (Å²) in [7, 11) is -3.33. The molecule has 1 aromatic rings. The van der Waals surface area contributed by atoms with E-state index in [0.717, 1.165) is 37.9 Å². The van der Waals surface area contributed by atoms with Crippen molar-refractivity contribution in [1.29, 1.82) is 0 Å². The van der Waals surface area contributed by atoms with Gasteiger partial charge in [0.25, 0.3) is 0 Å². The molecule has 1 aliphatic rings. The summed E-state index contributed by atoms with van der Waals surface area (Å²) in [6.45, 7) is 7.37. The summed E-state index contributed by atoms with van der Waals surface area (Å²) < 4.78 is 27.0. The molecule has 2 rings (SSSR count). The highest BCUT2D eigenvalue weighted by atomic mass is 32.2. The fraction of sp³-hybridized carbons (Fsp3) is 0.625. The maximum absolute atomic E-state index is 12.7. The Kier molecular flexibility index (Phi) is 5.79. The standard InChI is InChI=1S/C16H26N2O2S/c1-3-14-6-5-7-16(12-14)21(19,20)18-10-8-15(9-11-18)13-17-4-2/h5-7,12,15,17H,3-4,8-11,13H2,1-2H3. The maximum atomic E-state index is 12.7. The van der Waals surface area contributed by atoms with E-state index in [9.17, 15) is 8.42 Å². The van der Waals surface area contributed by atoms with E-state index in [4.69, 9.17) is 0 Å². The molecule has 5 heteroatoms. The van der Waals surface area contributed by atoms with E-state index >= 15 is 0 Å². The molecule has 1 N–H and O–H groups in total. The molecule has 0 radical (unpaired) electrons. The number of hydrogen-bond acceptors (Lipinski definition) is 3. The molecular formula is C16H26N2O2S. The molecule has 1 aliphatic heterocycles. The molecule has 1 fully saturated rings. The van der Waals surface area contributed by atoms with Crippen LogP contribution in [-0.2, 0) is 16.4 Å². The molecule has 0 aromatic heterocycles. The fourth-order valence-corrected chi connectivity index (χ4v) is 4.32. The second kappa shape index (κ2) is 7.38. The van der Waals surface area contributed by atoms with Gasteiger partial charge in [0.05, 0.1) is 4.90 Å². The van der Waals surface area contributed by atoms with E-state index in [1.54, 1.807) is 16.4 Å². The molecule has 0 unspecified atom stereocenters. The quantitative estimate of drug-likeness (QED) is 0.877. The van der Waals surface area contributed by atoms with Crippen LogP contribution >= 0.6 is 0 Å². The number of piperidine rings is 1. The van der Waals surface area contributed by atoms with Crippen molar-refractivity contribution < 1.29 is 8.42 Å². The lowest BCUT2D eigenvalue weighted by atomic mass is 9.98. The Morgan fingerprint density at radius 1 is 1.24 bits per heavy atom. The van der Waals surface area contributed by atoms with Crippen molar-refractivity contribution in [3.8, 4) is 0 Å². The fourth-order valence-electron chi connectivity index (χ4n) is 2.78. The molecule has 0 atom stereocenters. The summed E-state index contributed by atoms with van der Waals surface area (Å²) in [5.74, 6) is 0.596. The molecule has 1 aromatic carbocycles. The Bertz CT molecular complexity index is 549. The lowest BCUT2D eigenvalue weighted by Gasteiger charge is -2.31. The van der Waals surface area contributed by atoms with Gasteiger partial charge >= 0.3 is 0 Å². The van der Waals surface area contributed by atoms with Crippen LogP contribution in [0.3, 0.4) is 0 Å². The van der Waals surface area contributed by atoms with Crippen LogP contribution in [0.5, 0.6) is 0 Å². The molecule has 118 valence electrons. The monoisotopic (exact) mass is 310 g/mol. The largest absolute Gasteiger partial charge is 0.317 e. The Morgan fingerprint density at radius 3 is 2.57 bits per heavy atom. The predicted octanol–water partition coefficient (Wildman–Crippen LogP) is 2.26. The molecule has 0 aliphatic carbocycles. The number of nitrogens with one attached hydrogen (secondary N) is 1. The summed E-state index contributed by atoms with van der Waals surface area (Å²) >= 11 is 0. The van der Waals surface area contributed by atoms with E-state index in [2.05, 4.69) is 12.2 Å². The number of hydrogen-bond donors (Lipinski definition) is 1. The molecule has 1 heterocycles. The van der Waals surface area contributed by atoms with E-state index < -0.39 is 10.0 Å². The van der Waals surface area contributed by atoms with Crippen molar-refractivity contribution in [3.05, 3.63) is 29.8 Å². The highest BCUT2D eigenvalue weighted by Gasteiger charge is 2.29. The average molecular weight is 310 g/mol. The third-order valence-corrected chi connectivity index (χ3v) is 6.10. The first-order valence-corrected chi connectivity index (χ1v) is 9.31. The topological polar surface area (TPSA) is 49.4 Å². The molecule has 0 saturated carbocycles. The van der Waals surface area contributed by atoms with Crippen LogP contribution in [0.2, 0.25) is 0 Å². The summed E-state index contributed by atoms with van der Waals surface area (Å²) in [5, 5.41) is 3.35. The van der Waals surface area contributed by atoms with Gasteiger partial charge in [-0.1, -0.05) is 26.0 Å². The lowest BCUT2D eigenvalue weighted by Crippen LogP contribution is -2.40. The van der Waals surface area contributed by atoms with Gasteiger partial charge in [-0.05, 0) is 56.0 Å². The zero-order valence-corrected chi connectivity index (χ0v) is 13.8. The van der Waals surface area contributed by atoms with Gasteiger partial charge in [-0.25, -0.2) is 8.42 Å². The number of aryl methyl sites for hydroxylation is 1. The SMILES string of the molecule is CCNCC1CCN(S(=O)(=O)c2cccc(CC)c2)CC1. The smallest absolute Gasteiger partial charge is 0.243 e. The van der Waals surface area contributed by atoms with Gasteiger partial charge in [0.2, 0.25) is 10.0 Å². The van der Waals surface area contributed by atoms with Gasteiger partial charge in [0.15, 0.2) is 0 Å². The van der Waals surface area contributed by atoms with Crippen molar-refractivity contribution >= 4 is 10.0 Å². The van der Waals surface area contributed by atoms with Crippen LogP contribution in [0, 0.1) is 5.92 Å². The minimum absolute atomic E-state index is 0.437. The summed E-state index contributed by atoms with van der Waals surface area (Å²) in [4.78, 5) is 0.437. The van der Waals surface area contributed by atoms with Gasteiger partial charge in [-0.2, -0.15) is 4.31 Å². The molecule has 1 saturated heterocycles. The van der Waals surface area contributed by atoms with Gasteiger partial charge in [-0.15, -0.1) is 0 Å². The number of benzene rings is 1. The summed E-state index contributed by atoms with van der Waals surface area (Å²) in [5.41, 5.74) is 1.07. The number of nitrogens with zero attached hydrogens (tertiary/aromatic N) is 1. The molecule has 0 spiro atoms. The van der Waals surface area contributed by atoms with Crippen molar-refractivity contribution in [2.24, 2.45) is 5.92 Å². The third-order valence-electron chi connectivity index (χ3n) is 4.20. The Balaban J connectivity index is 2.04. The molecule has 21 heavy (non-hydrogen) atoms. The minimum atomic E-state index is -3.33. The first-order chi connectivity index (χ1) is 10.1. The Hall–Kier alpha value is -0.910. The van der Waals surface area contributed by atoms with E-state index in [0.29, 0.717) is 23.9 Å². The predicted molar refractivity (Wildman–Crippen MR) is 85.8 cm³/mol. The molecule has 4 nitrogen and oxygen atoms in total.